The van der Waals surface area contributed by atoms with Crippen LogP contribution in [0.15, 0.2) is 36.4 Å². The van der Waals surface area contributed by atoms with Gasteiger partial charge < -0.3 is 5.73 Å². The molecular formula is C15H14Cl2FN. The molecule has 4 heteroatoms. The van der Waals surface area contributed by atoms with Crippen LogP contribution in [-0.2, 0) is 6.42 Å². The fourth-order valence-corrected chi connectivity index (χ4v) is 2.38. The molecule has 2 aromatic carbocycles. The fraction of sp³-hybridized carbons (Fsp3) is 0.200. The summed E-state index contributed by atoms with van der Waals surface area (Å²) in [5.41, 5.74) is 8.23. The third-order valence-electron chi connectivity index (χ3n) is 3.03. The van der Waals surface area contributed by atoms with E-state index in [0.29, 0.717) is 22.0 Å². The normalized spacial score (nSPS) is 12.5. The molecule has 1 nitrogen and oxygen atoms in total. The van der Waals surface area contributed by atoms with Gasteiger partial charge in [0.05, 0.1) is 10.0 Å². The van der Waals surface area contributed by atoms with Gasteiger partial charge in [-0.15, -0.1) is 0 Å². The van der Waals surface area contributed by atoms with Crippen molar-refractivity contribution in [1.29, 1.82) is 0 Å². The summed E-state index contributed by atoms with van der Waals surface area (Å²) in [4.78, 5) is 0. The van der Waals surface area contributed by atoms with Crippen LogP contribution in [0.25, 0.3) is 0 Å². The lowest BCUT2D eigenvalue weighted by molar-refractivity contribution is 0.579. The third kappa shape index (κ3) is 3.27. The number of aryl methyl sites for hydroxylation is 1. The van der Waals surface area contributed by atoms with Crippen LogP contribution in [0.4, 0.5) is 4.39 Å². The monoisotopic (exact) mass is 297 g/mol. The highest BCUT2D eigenvalue weighted by Crippen LogP contribution is 2.29. The fourth-order valence-electron chi connectivity index (χ4n) is 1.99. The molecule has 0 radical (unpaired) electrons. The van der Waals surface area contributed by atoms with E-state index in [1.165, 1.54) is 6.07 Å². The zero-order valence-corrected chi connectivity index (χ0v) is 12.0. The molecule has 0 bridgehead atoms. The first-order valence-electron chi connectivity index (χ1n) is 5.93. The topological polar surface area (TPSA) is 26.0 Å². The minimum atomic E-state index is -0.448. The molecule has 0 aliphatic rings. The molecule has 0 saturated heterocycles. The minimum Gasteiger partial charge on any atom is -0.324 e. The molecule has 0 aliphatic carbocycles. The van der Waals surface area contributed by atoms with Crippen LogP contribution in [0.1, 0.15) is 22.7 Å². The minimum absolute atomic E-state index is 0.286. The first-order valence-corrected chi connectivity index (χ1v) is 6.69. The Morgan fingerprint density at radius 3 is 2.63 bits per heavy atom. The van der Waals surface area contributed by atoms with E-state index in [1.54, 1.807) is 12.1 Å². The van der Waals surface area contributed by atoms with E-state index in [4.69, 9.17) is 28.9 Å². The summed E-state index contributed by atoms with van der Waals surface area (Å²) in [5, 5.41) is 0.961. The van der Waals surface area contributed by atoms with Crippen molar-refractivity contribution < 1.29 is 4.39 Å². The Labute approximate surface area is 122 Å². The highest BCUT2D eigenvalue weighted by molar-refractivity contribution is 6.42. The summed E-state index contributed by atoms with van der Waals surface area (Å²) in [6.07, 6.45) is 0.444. The van der Waals surface area contributed by atoms with Crippen molar-refractivity contribution in [2.75, 3.05) is 0 Å². The van der Waals surface area contributed by atoms with E-state index in [9.17, 15) is 4.39 Å². The Morgan fingerprint density at radius 1 is 1.21 bits per heavy atom. The van der Waals surface area contributed by atoms with Crippen molar-refractivity contribution in [3.63, 3.8) is 0 Å². The molecule has 1 unspecified atom stereocenters. The summed E-state index contributed by atoms with van der Waals surface area (Å²) in [7, 11) is 0. The molecule has 19 heavy (non-hydrogen) atoms. The van der Waals surface area contributed by atoms with Gasteiger partial charge in [0.25, 0.3) is 0 Å². The van der Waals surface area contributed by atoms with Crippen LogP contribution in [0.2, 0.25) is 10.0 Å². The molecule has 0 spiro atoms. The highest BCUT2D eigenvalue weighted by Gasteiger charge is 2.14. The number of rotatable bonds is 3. The molecule has 100 valence electrons. The molecule has 0 fully saturated rings. The SMILES string of the molecule is Cc1ccc(C(N)Cc2cccc(Cl)c2Cl)c(F)c1. The summed E-state index contributed by atoms with van der Waals surface area (Å²) < 4.78 is 13.8. The van der Waals surface area contributed by atoms with E-state index in [2.05, 4.69) is 0 Å². The van der Waals surface area contributed by atoms with Gasteiger partial charge in [0.15, 0.2) is 0 Å². The molecular weight excluding hydrogens is 284 g/mol. The second-order valence-corrected chi connectivity index (χ2v) is 5.33. The molecule has 2 rings (SSSR count). The van der Waals surface area contributed by atoms with Gasteiger partial charge in [0, 0.05) is 11.6 Å². The van der Waals surface area contributed by atoms with Crippen LogP contribution in [0.3, 0.4) is 0 Å². The maximum Gasteiger partial charge on any atom is 0.128 e. The number of nitrogens with two attached hydrogens (primary N) is 1. The van der Waals surface area contributed by atoms with Gasteiger partial charge in [-0.05, 0) is 36.6 Å². The number of halogens is 3. The molecule has 0 aliphatic heterocycles. The number of hydrogen-bond donors (Lipinski definition) is 1. The predicted molar refractivity (Wildman–Crippen MR) is 78.2 cm³/mol. The van der Waals surface area contributed by atoms with Crippen molar-refractivity contribution in [1.82, 2.24) is 0 Å². The Morgan fingerprint density at radius 2 is 1.95 bits per heavy atom. The maximum atomic E-state index is 13.8. The third-order valence-corrected chi connectivity index (χ3v) is 3.88. The second-order valence-electron chi connectivity index (χ2n) is 4.55. The summed E-state index contributed by atoms with van der Waals surface area (Å²) in [6, 6.07) is 9.96. The van der Waals surface area contributed by atoms with Crippen LogP contribution < -0.4 is 5.73 Å². The Hall–Kier alpha value is -1.09. The average Bonchev–Trinajstić information content (AvgIpc) is 2.34. The van der Waals surface area contributed by atoms with Crippen molar-refractivity contribution in [3.05, 3.63) is 69.0 Å². The standard InChI is InChI=1S/C15H14Cl2FN/c1-9-5-6-11(13(18)7-9)14(19)8-10-3-2-4-12(16)15(10)17/h2-7,14H,8,19H2,1H3. The first-order chi connectivity index (χ1) is 8.99. The van der Waals surface area contributed by atoms with Crippen LogP contribution in [0, 0.1) is 12.7 Å². The second kappa shape index (κ2) is 5.91. The van der Waals surface area contributed by atoms with E-state index >= 15 is 0 Å². The van der Waals surface area contributed by atoms with Crippen molar-refractivity contribution in [3.8, 4) is 0 Å². The zero-order chi connectivity index (χ0) is 14.0. The van der Waals surface area contributed by atoms with Crippen LogP contribution in [0.5, 0.6) is 0 Å². The maximum absolute atomic E-state index is 13.8. The van der Waals surface area contributed by atoms with Gasteiger partial charge >= 0.3 is 0 Å². The molecule has 0 saturated carbocycles. The highest BCUT2D eigenvalue weighted by atomic mass is 35.5. The number of benzene rings is 2. The van der Waals surface area contributed by atoms with Gasteiger partial charge in [-0.2, -0.15) is 0 Å². The van der Waals surface area contributed by atoms with Crippen molar-refractivity contribution in [2.24, 2.45) is 5.73 Å². The van der Waals surface area contributed by atoms with Gasteiger partial charge in [-0.1, -0.05) is 47.5 Å². The predicted octanol–water partition coefficient (Wildman–Crippen LogP) is 4.68. The summed E-state index contributed by atoms with van der Waals surface area (Å²) in [6.45, 7) is 1.84. The van der Waals surface area contributed by atoms with E-state index < -0.39 is 6.04 Å². The van der Waals surface area contributed by atoms with Gasteiger partial charge in [0.2, 0.25) is 0 Å². The Balaban J connectivity index is 2.25. The van der Waals surface area contributed by atoms with Crippen molar-refractivity contribution >= 4 is 23.2 Å². The Bertz CT molecular complexity index is 599. The summed E-state index contributed by atoms with van der Waals surface area (Å²) >= 11 is 12.1. The van der Waals surface area contributed by atoms with Gasteiger partial charge in [0.1, 0.15) is 5.82 Å². The van der Waals surface area contributed by atoms with E-state index in [-0.39, 0.29) is 5.82 Å². The van der Waals surface area contributed by atoms with Crippen LogP contribution in [-0.4, -0.2) is 0 Å². The lowest BCUT2D eigenvalue weighted by atomic mass is 9.98. The lowest BCUT2D eigenvalue weighted by Crippen LogP contribution is -2.15. The van der Waals surface area contributed by atoms with Crippen molar-refractivity contribution in [2.45, 2.75) is 19.4 Å². The van der Waals surface area contributed by atoms with Gasteiger partial charge in [-0.25, -0.2) is 4.39 Å². The quantitative estimate of drug-likeness (QED) is 0.874. The molecule has 1 atom stereocenters. The van der Waals surface area contributed by atoms with Gasteiger partial charge in [-0.3, -0.25) is 0 Å². The molecule has 2 aromatic rings. The molecule has 0 aromatic heterocycles. The molecule has 0 heterocycles. The molecule has 0 amide bonds. The van der Waals surface area contributed by atoms with E-state index in [0.717, 1.165) is 11.1 Å². The first kappa shape index (κ1) is 14.3. The number of hydrogen-bond acceptors (Lipinski definition) is 1. The smallest absolute Gasteiger partial charge is 0.128 e. The zero-order valence-electron chi connectivity index (χ0n) is 10.5. The summed E-state index contributed by atoms with van der Waals surface area (Å²) in [5.74, 6) is -0.286. The largest absolute Gasteiger partial charge is 0.324 e. The average molecular weight is 298 g/mol. The van der Waals surface area contributed by atoms with E-state index in [1.807, 2.05) is 25.1 Å². The molecule has 2 N–H and O–H groups in total. The van der Waals surface area contributed by atoms with Crippen LogP contribution >= 0.6 is 23.2 Å². The Kier molecular flexibility index (Phi) is 4.46. The lowest BCUT2D eigenvalue weighted by Gasteiger charge is -2.15.